The van der Waals surface area contributed by atoms with Crippen molar-refractivity contribution >= 4 is 23.4 Å². The molecule has 0 unspecified atom stereocenters. The third-order valence-electron chi connectivity index (χ3n) is 11.3. The van der Waals surface area contributed by atoms with Crippen LogP contribution >= 0.6 is 11.6 Å². The van der Waals surface area contributed by atoms with E-state index < -0.39 is 23.8 Å². The molecule has 3 aliphatic rings. The minimum Gasteiger partial charge on any atom is -0.487 e. The van der Waals surface area contributed by atoms with Crippen LogP contribution in [0.15, 0.2) is 96.2 Å². The van der Waals surface area contributed by atoms with Gasteiger partial charge in [0.1, 0.15) is 37.4 Å². The number of unbranched alkanes of at least 4 members (excludes halogenated alkanes) is 2. The zero-order valence-corrected chi connectivity index (χ0v) is 33.8. The van der Waals surface area contributed by atoms with Crippen LogP contribution in [-0.4, -0.2) is 83.1 Å². The van der Waals surface area contributed by atoms with E-state index in [1.54, 1.807) is 18.0 Å². The number of hydrogen-bond acceptors (Lipinski definition) is 10. The maximum atomic E-state index is 13.7. The van der Waals surface area contributed by atoms with E-state index in [1.165, 1.54) is 0 Å². The fourth-order valence-electron chi connectivity index (χ4n) is 8.77. The molecule has 6 rings (SSSR count). The van der Waals surface area contributed by atoms with Crippen LogP contribution < -0.4 is 9.47 Å². The van der Waals surface area contributed by atoms with Crippen LogP contribution in [-0.2, 0) is 27.5 Å². The predicted octanol–water partition coefficient (Wildman–Crippen LogP) is 8.11. The summed E-state index contributed by atoms with van der Waals surface area (Å²) in [5.74, 6) is -0.387. The molecule has 0 saturated heterocycles. The van der Waals surface area contributed by atoms with Crippen LogP contribution in [0.1, 0.15) is 73.4 Å². The first kappa shape index (κ1) is 42.2. The van der Waals surface area contributed by atoms with E-state index >= 15 is 0 Å². The molecule has 12 heteroatoms. The Morgan fingerprint density at radius 3 is 2.58 bits per heavy atom. The molecule has 11 nitrogen and oxygen atoms in total. The van der Waals surface area contributed by atoms with Crippen LogP contribution in [0.4, 0.5) is 4.79 Å². The Labute approximate surface area is 341 Å². The largest absolute Gasteiger partial charge is 0.487 e. The molecule has 2 aromatic carbocycles. The second-order valence-corrected chi connectivity index (χ2v) is 15.4. The standard InChI is InChI=1S/C45H56ClN3O8/c1-4-24-55-45-41(49(3)44(52)53-25-21-46)28-39(48-56-29-32-14-6-5-7-15-32)37-26-33(16-8-10-22-50)36(18-9-11-23-51)42(43(37)45)38-27-35(19-20-40(38)57-45)54-30-34-17-12-13-31(2)47-34/h4-7,12-15,17,19-20,26-27,33,36,41-43,50-51H,1,8-11,16,18,21-25,28-30H2,2-3H3/t33-,36+,41-,42+,43+,45+/m0/s1. The Kier molecular flexibility index (Phi) is 15.0. The van der Waals surface area contributed by atoms with Gasteiger partial charge in [0, 0.05) is 43.9 Å². The number of carbonyl (C=O) groups is 1. The summed E-state index contributed by atoms with van der Waals surface area (Å²) in [5.41, 5.74) is 5.33. The van der Waals surface area contributed by atoms with Crippen LogP contribution in [0.25, 0.3) is 0 Å². The van der Waals surface area contributed by atoms with Gasteiger partial charge in [-0.2, -0.15) is 0 Å². The minimum absolute atomic E-state index is 0.0449. The first-order chi connectivity index (χ1) is 27.8. The average Bonchev–Trinajstić information content (AvgIpc) is 3.23. The molecule has 2 N–H and O–H groups in total. The van der Waals surface area contributed by atoms with Crippen LogP contribution in [0.3, 0.4) is 0 Å². The number of ether oxygens (including phenoxy) is 4. The third kappa shape index (κ3) is 9.83. The number of aliphatic hydroxyl groups excluding tert-OH is 2. The number of aromatic nitrogens is 1. The first-order valence-electron chi connectivity index (χ1n) is 20.1. The lowest BCUT2D eigenvalue weighted by Gasteiger charge is -2.59. The molecule has 0 radical (unpaired) electrons. The van der Waals surface area contributed by atoms with Gasteiger partial charge in [-0.3, -0.25) is 4.98 Å². The quantitative estimate of drug-likeness (QED) is 0.0504. The SMILES string of the molecule is C=CCO[C@@]12Oc3ccc(OCc4cccc(C)n4)cc3[C@H]3[C@H](CCCCO)[C@@H](CCCCO)C=C(C(=NOCc4ccccc4)C[C@@H]1N(C)C(=O)OCCCl)[C@H]32. The number of benzene rings is 2. The van der Waals surface area contributed by atoms with Crippen molar-refractivity contribution in [2.24, 2.45) is 22.9 Å². The Balaban J connectivity index is 1.52. The van der Waals surface area contributed by atoms with E-state index in [-0.39, 0.29) is 63.1 Å². The highest BCUT2D eigenvalue weighted by Crippen LogP contribution is 2.61. The maximum Gasteiger partial charge on any atom is 0.410 e. The number of likely N-dealkylation sites (N-methyl/N-ethyl adjacent to an activating group) is 1. The van der Waals surface area contributed by atoms with Crippen LogP contribution in [0.5, 0.6) is 11.5 Å². The summed E-state index contributed by atoms with van der Waals surface area (Å²) < 4.78 is 26.1. The van der Waals surface area contributed by atoms with Crippen molar-refractivity contribution in [3.05, 3.63) is 114 Å². The first-order valence-corrected chi connectivity index (χ1v) is 20.6. The van der Waals surface area contributed by atoms with Gasteiger partial charge < -0.3 is 38.9 Å². The summed E-state index contributed by atoms with van der Waals surface area (Å²) in [6.07, 6.45) is 8.37. The molecule has 1 fully saturated rings. The smallest absolute Gasteiger partial charge is 0.410 e. The van der Waals surface area contributed by atoms with E-state index in [0.29, 0.717) is 36.7 Å². The molecule has 1 saturated carbocycles. The zero-order valence-electron chi connectivity index (χ0n) is 33.1. The second-order valence-electron chi connectivity index (χ2n) is 15.0. The molecule has 2 aliphatic carbocycles. The Morgan fingerprint density at radius 2 is 1.84 bits per heavy atom. The fourth-order valence-corrected chi connectivity index (χ4v) is 8.85. The molecule has 6 atom stereocenters. The lowest BCUT2D eigenvalue weighted by molar-refractivity contribution is -0.253. The third-order valence-corrected chi connectivity index (χ3v) is 11.4. The highest BCUT2D eigenvalue weighted by atomic mass is 35.5. The number of fused-ring (bicyclic) bond motifs is 2. The highest BCUT2D eigenvalue weighted by molar-refractivity contribution is 6.18. The van der Waals surface area contributed by atoms with Crippen LogP contribution in [0.2, 0.25) is 0 Å². The van der Waals surface area contributed by atoms with Crippen LogP contribution in [0, 0.1) is 24.7 Å². The summed E-state index contributed by atoms with van der Waals surface area (Å²) in [7, 11) is 1.70. The molecule has 1 amide bonds. The van der Waals surface area contributed by atoms with Gasteiger partial charge in [0.25, 0.3) is 0 Å². The monoisotopic (exact) mass is 801 g/mol. The molecule has 1 aliphatic heterocycles. The number of amides is 1. The van der Waals surface area contributed by atoms with E-state index in [9.17, 15) is 15.0 Å². The zero-order chi connectivity index (χ0) is 40.2. The molecular weight excluding hydrogens is 746 g/mol. The average molecular weight is 802 g/mol. The molecule has 1 aromatic heterocycles. The number of alkyl halides is 1. The molecule has 306 valence electrons. The summed E-state index contributed by atoms with van der Waals surface area (Å²) in [5, 5.41) is 24.6. The van der Waals surface area contributed by atoms with Gasteiger partial charge in [-0.1, -0.05) is 66.5 Å². The molecule has 0 bridgehead atoms. The number of carbonyl (C=O) groups excluding carboxylic acids is 1. The van der Waals surface area contributed by atoms with E-state index in [2.05, 4.69) is 23.7 Å². The summed E-state index contributed by atoms with van der Waals surface area (Å²) >= 11 is 5.96. The molecule has 57 heavy (non-hydrogen) atoms. The number of pyridine rings is 1. The number of halogens is 1. The number of aryl methyl sites for hydroxylation is 1. The lowest BCUT2D eigenvalue weighted by Crippen LogP contribution is -2.69. The second kappa shape index (κ2) is 20.3. The predicted molar refractivity (Wildman–Crippen MR) is 219 cm³/mol. The van der Waals surface area contributed by atoms with Gasteiger partial charge in [-0.15, -0.1) is 18.2 Å². The van der Waals surface area contributed by atoms with Crippen molar-refractivity contribution < 1.29 is 38.8 Å². The Bertz CT molecular complexity index is 1860. The van der Waals surface area contributed by atoms with Crippen molar-refractivity contribution in [2.45, 2.75) is 82.8 Å². The van der Waals surface area contributed by atoms with Gasteiger partial charge in [0.2, 0.25) is 5.79 Å². The van der Waals surface area contributed by atoms with Crippen molar-refractivity contribution in [2.75, 3.05) is 39.4 Å². The normalized spacial score (nSPS) is 24.1. The number of hydrogen-bond donors (Lipinski definition) is 2. The summed E-state index contributed by atoms with van der Waals surface area (Å²) in [4.78, 5) is 26.0. The Morgan fingerprint density at radius 1 is 1.05 bits per heavy atom. The maximum absolute atomic E-state index is 13.7. The van der Waals surface area contributed by atoms with Gasteiger partial charge in [-0.05, 0) is 85.9 Å². The summed E-state index contributed by atoms with van der Waals surface area (Å²) in [6, 6.07) is 20.9. The van der Waals surface area contributed by atoms with Crippen molar-refractivity contribution in [3.8, 4) is 11.5 Å². The van der Waals surface area contributed by atoms with E-state index in [4.69, 9.17) is 40.5 Å². The minimum atomic E-state index is -1.38. The number of aliphatic hydroxyl groups is 2. The lowest BCUT2D eigenvalue weighted by atomic mass is 9.55. The van der Waals surface area contributed by atoms with E-state index in [1.807, 2.05) is 67.6 Å². The highest BCUT2D eigenvalue weighted by Gasteiger charge is 2.65. The number of oxime groups is 1. The fraction of sp³-hybridized carbons (Fsp3) is 0.489. The van der Waals surface area contributed by atoms with Gasteiger partial charge >= 0.3 is 6.09 Å². The molecule has 3 aromatic rings. The van der Waals surface area contributed by atoms with Crippen molar-refractivity contribution in [1.82, 2.24) is 9.88 Å². The molecular formula is C45H56ClN3O8. The number of rotatable bonds is 20. The van der Waals surface area contributed by atoms with Gasteiger partial charge in [0.15, 0.2) is 0 Å². The van der Waals surface area contributed by atoms with Gasteiger partial charge in [-0.25, -0.2) is 4.79 Å². The number of allylic oxidation sites excluding steroid dienone is 1. The summed E-state index contributed by atoms with van der Waals surface area (Å²) in [6.45, 7) is 6.92. The number of nitrogens with zero attached hydrogens (tertiary/aromatic N) is 3. The topological polar surface area (TPSA) is 132 Å². The Hall–Kier alpha value is -4.42. The van der Waals surface area contributed by atoms with E-state index in [0.717, 1.165) is 53.8 Å². The van der Waals surface area contributed by atoms with Crippen molar-refractivity contribution in [1.29, 1.82) is 0 Å². The van der Waals surface area contributed by atoms with Gasteiger partial charge in [0.05, 0.1) is 29.8 Å². The molecule has 0 spiro atoms. The van der Waals surface area contributed by atoms with Crippen molar-refractivity contribution in [3.63, 3.8) is 0 Å². The molecule has 2 heterocycles.